The van der Waals surface area contributed by atoms with Crippen LogP contribution in [0.5, 0.6) is 0 Å². The van der Waals surface area contributed by atoms with Crippen molar-refractivity contribution >= 4 is 28.7 Å². The Balaban J connectivity index is 2.26. The van der Waals surface area contributed by atoms with Crippen molar-refractivity contribution in [1.29, 1.82) is 0 Å². The molecule has 1 aromatic rings. The SMILES string of the molecule is O=C(CCl)c1cc2c(s1)CCCCC2. The molecule has 76 valence electrons. The highest BCUT2D eigenvalue weighted by atomic mass is 35.5. The Morgan fingerprint density at radius 2 is 2.14 bits per heavy atom. The minimum absolute atomic E-state index is 0.0738. The van der Waals surface area contributed by atoms with Crippen molar-refractivity contribution in [3.8, 4) is 0 Å². The van der Waals surface area contributed by atoms with Gasteiger partial charge in [0, 0.05) is 4.88 Å². The first-order valence-electron chi connectivity index (χ1n) is 5.02. The molecule has 2 rings (SSSR count). The van der Waals surface area contributed by atoms with Gasteiger partial charge in [-0.05, 0) is 37.3 Å². The van der Waals surface area contributed by atoms with E-state index in [1.165, 1.54) is 29.7 Å². The molecule has 1 aliphatic rings. The Morgan fingerprint density at radius 3 is 2.93 bits per heavy atom. The minimum atomic E-state index is 0.0738. The van der Waals surface area contributed by atoms with E-state index >= 15 is 0 Å². The number of hydrogen-bond donors (Lipinski definition) is 0. The average molecular weight is 229 g/mol. The second-order valence-corrected chi connectivity index (χ2v) is 5.08. The van der Waals surface area contributed by atoms with Crippen molar-refractivity contribution in [2.75, 3.05) is 5.88 Å². The summed E-state index contributed by atoms with van der Waals surface area (Å²) in [6.07, 6.45) is 6.14. The third-order valence-electron chi connectivity index (χ3n) is 2.64. The Hall–Kier alpha value is -0.340. The standard InChI is InChI=1S/C11H13ClOS/c12-7-9(13)11-6-8-4-2-1-3-5-10(8)14-11/h6H,1-5,7H2. The number of alkyl halides is 1. The van der Waals surface area contributed by atoms with Gasteiger partial charge in [-0.1, -0.05) is 6.42 Å². The largest absolute Gasteiger partial charge is 0.292 e. The molecule has 3 heteroatoms. The number of carbonyl (C=O) groups is 1. The summed E-state index contributed by atoms with van der Waals surface area (Å²) in [5.74, 6) is 0.184. The Kier molecular flexibility index (Phi) is 3.24. The van der Waals surface area contributed by atoms with Crippen LogP contribution < -0.4 is 0 Å². The molecule has 1 heterocycles. The molecular weight excluding hydrogens is 216 g/mol. The predicted octanol–water partition coefficient (Wildman–Crippen LogP) is 3.44. The van der Waals surface area contributed by atoms with Gasteiger partial charge < -0.3 is 0 Å². The number of ketones is 1. The molecule has 0 unspecified atom stereocenters. The van der Waals surface area contributed by atoms with Crippen molar-refractivity contribution in [1.82, 2.24) is 0 Å². The third-order valence-corrected chi connectivity index (χ3v) is 4.16. The van der Waals surface area contributed by atoms with Crippen LogP contribution >= 0.6 is 22.9 Å². The van der Waals surface area contributed by atoms with Crippen LogP contribution in [0, 0.1) is 0 Å². The van der Waals surface area contributed by atoms with Gasteiger partial charge >= 0.3 is 0 Å². The Bertz CT molecular complexity index is 320. The smallest absolute Gasteiger partial charge is 0.187 e. The van der Waals surface area contributed by atoms with Gasteiger partial charge in [0.05, 0.1) is 10.8 Å². The van der Waals surface area contributed by atoms with Crippen LogP contribution in [0.25, 0.3) is 0 Å². The maximum atomic E-state index is 11.4. The lowest BCUT2D eigenvalue weighted by atomic mass is 10.1. The van der Waals surface area contributed by atoms with Gasteiger partial charge in [-0.15, -0.1) is 22.9 Å². The Labute approximate surface area is 93.1 Å². The van der Waals surface area contributed by atoms with E-state index in [1.54, 1.807) is 11.3 Å². The molecule has 0 bridgehead atoms. The predicted molar refractivity (Wildman–Crippen MR) is 60.6 cm³/mol. The molecule has 0 fully saturated rings. The molecule has 0 radical (unpaired) electrons. The molecule has 0 atom stereocenters. The van der Waals surface area contributed by atoms with Crippen LogP contribution in [-0.2, 0) is 12.8 Å². The number of rotatable bonds is 2. The summed E-state index contributed by atoms with van der Waals surface area (Å²) in [6.45, 7) is 0. The first-order valence-corrected chi connectivity index (χ1v) is 6.37. The van der Waals surface area contributed by atoms with Gasteiger partial charge in [0.25, 0.3) is 0 Å². The van der Waals surface area contributed by atoms with E-state index in [4.69, 9.17) is 11.6 Å². The number of Topliss-reactive ketones (excluding diaryl/α,β-unsaturated/α-hetero) is 1. The highest BCUT2D eigenvalue weighted by molar-refractivity contribution is 7.14. The zero-order valence-corrected chi connectivity index (χ0v) is 9.59. The average Bonchev–Trinajstić information content (AvgIpc) is 2.49. The number of aryl methyl sites for hydroxylation is 2. The number of thiophene rings is 1. The highest BCUT2D eigenvalue weighted by Crippen LogP contribution is 2.29. The number of hydrogen-bond acceptors (Lipinski definition) is 2. The molecule has 0 saturated heterocycles. The lowest BCUT2D eigenvalue weighted by Gasteiger charge is -1.92. The van der Waals surface area contributed by atoms with E-state index < -0.39 is 0 Å². The fourth-order valence-corrected chi connectivity index (χ4v) is 3.29. The van der Waals surface area contributed by atoms with Crippen molar-refractivity contribution in [3.63, 3.8) is 0 Å². The lowest BCUT2D eigenvalue weighted by molar-refractivity contribution is 0.102. The molecule has 0 aromatic carbocycles. The van der Waals surface area contributed by atoms with E-state index in [0.717, 1.165) is 17.7 Å². The van der Waals surface area contributed by atoms with E-state index in [0.29, 0.717) is 0 Å². The van der Waals surface area contributed by atoms with Crippen LogP contribution in [0.2, 0.25) is 0 Å². The quantitative estimate of drug-likeness (QED) is 0.431. The van der Waals surface area contributed by atoms with Crippen molar-refractivity contribution in [2.24, 2.45) is 0 Å². The highest BCUT2D eigenvalue weighted by Gasteiger charge is 2.15. The minimum Gasteiger partial charge on any atom is -0.292 e. The van der Waals surface area contributed by atoms with Crippen LogP contribution in [-0.4, -0.2) is 11.7 Å². The summed E-state index contributed by atoms with van der Waals surface area (Å²) in [7, 11) is 0. The molecular formula is C11H13ClOS. The van der Waals surface area contributed by atoms with Crippen molar-refractivity contribution in [3.05, 3.63) is 21.4 Å². The van der Waals surface area contributed by atoms with E-state index in [-0.39, 0.29) is 11.7 Å². The maximum absolute atomic E-state index is 11.4. The van der Waals surface area contributed by atoms with Crippen molar-refractivity contribution in [2.45, 2.75) is 32.1 Å². The summed E-state index contributed by atoms with van der Waals surface area (Å²) < 4.78 is 0. The van der Waals surface area contributed by atoms with Gasteiger partial charge in [0.2, 0.25) is 0 Å². The number of halogens is 1. The third kappa shape index (κ3) is 2.01. The zero-order valence-electron chi connectivity index (χ0n) is 8.01. The summed E-state index contributed by atoms with van der Waals surface area (Å²) in [5, 5.41) is 0. The zero-order chi connectivity index (χ0) is 9.97. The summed E-state index contributed by atoms with van der Waals surface area (Å²) in [6, 6.07) is 2.05. The first-order chi connectivity index (χ1) is 6.81. The van der Waals surface area contributed by atoms with Crippen LogP contribution in [0.3, 0.4) is 0 Å². The van der Waals surface area contributed by atoms with Crippen LogP contribution in [0.15, 0.2) is 6.07 Å². The summed E-state index contributed by atoms with van der Waals surface area (Å²) in [5.41, 5.74) is 1.39. The van der Waals surface area contributed by atoms with Crippen LogP contribution in [0.4, 0.5) is 0 Å². The molecule has 1 aliphatic carbocycles. The number of fused-ring (bicyclic) bond motifs is 1. The van der Waals surface area contributed by atoms with Crippen molar-refractivity contribution < 1.29 is 4.79 Å². The summed E-state index contributed by atoms with van der Waals surface area (Å²) >= 11 is 7.19. The van der Waals surface area contributed by atoms with E-state index in [1.807, 2.05) is 0 Å². The van der Waals surface area contributed by atoms with E-state index in [9.17, 15) is 4.79 Å². The topological polar surface area (TPSA) is 17.1 Å². The first kappa shape index (κ1) is 10.2. The molecule has 0 saturated carbocycles. The Morgan fingerprint density at radius 1 is 1.36 bits per heavy atom. The lowest BCUT2D eigenvalue weighted by Crippen LogP contribution is -1.96. The molecule has 0 spiro atoms. The molecule has 0 N–H and O–H groups in total. The maximum Gasteiger partial charge on any atom is 0.187 e. The fourth-order valence-electron chi connectivity index (χ4n) is 1.87. The van der Waals surface area contributed by atoms with Gasteiger partial charge in [-0.2, -0.15) is 0 Å². The van der Waals surface area contributed by atoms with Gasteiger partial charge in [-0.25, -0.2) is 0 Å². The second kappa shape index (κ2) is 4.45. The molecule has 0 amide bonds. The second-order valence-electron chi connectivity index (χ2n) is 3.68. The summed E-state index contributed by atoms with van der Waals surface area (Å²) in [4.78, 5) is 13.7. The molecule has 1 aromatic heterocycles. The normalized spacial score (nSPS) is 16.1. The van der Waals surface area contributed by atoms with Gasteiger partial charge in [0.15, 0.2) is 5.78 Å². The van der Waals surface area contributed by atoms with Gasteiger partial charge in [0.1, 0.15) is 0 Å². The van der Waals surface area contributed by atoms with E-state index in [2.05, 4.69) is 6.07 Å². The molecule has 14 heavy (non-hydrogen) atoms. The fraction of sp³-hybridized carbons (Fsp3) is 0.545. The monoisotopic (exact) mass is 228 g/mol. The number of carbonyl (C=O) groups excluding carboxylic acids is 1. The molecule has 0 aliphatic heterocycles. The van der Waals surface area contributed by atoms with Crippen LogP contribution in [0.1, 0.15) is 39.4 Å². The molecule has 1 nitrogen and oxygen atoms in total. The van der Waals surface area contributed by atoms with Gasteiger partial charge in [-0.3, -0.25) is 4.79 Å².